The molecule has 0 saturated carbocycles. The molecule has 96 valence electrons. The highest BCUT2D eigenvalue weighted by Gasteiger charge is 2.24. The van der Waals surface area contributed by atoms with E-state index in [1.54, 1.807) is 4.90 Å². The van der Waals surface area contributed by atoms with Crippen molar-refractivity contribution in [2.45, 2.75) is 6.42 Å². The standard InChI is InChI=1S/C15H15N3O/c16-12-6-7-14-11(10-12)8-9-18(14)15(19)17-13-4-2-1-3-5-13/h1-7,10H,8-9,16H2,(H,17,19). The zero-order valence-corrected chi connectivity index (χ0v) is 10.5. The number of nitrogens with one attached hydrogen (secondary N) is 1. The van der Waals surface area contributed by atoms with Gasteiger partial charge in [-0.05, 0) is 42.3 Å². The Morgan fingerprint density at radius 2 is 1.95 bits per heavy atom. The van der Waals surface area contributed by atoms with Crippen LogP contribution >= 0.6 is 0 Å². The first-order valence-electron chi connectivity index (χ1n) is 6.26. The zero-order chi connectivity index (χ0) is 13.2. The second-order valence-electron chi connectivity index (χ2n) is 4.59. The third-order valence-electron chi connectivity index (χ3n) is 3.27. The fourth-order valence-corrected chi connectivity index (χ4v) is 2.35. The second-order valence-corrected chi connectivity index (χ2v) is 4.59. The highest BCUT2D eigenvalue weighted by Crippen LogP contribution is 2.30. The van der Waals surface area contributed by atoms with E-state index in [2.05, 4.69) is 5.32 Å². The lowest BCUT2D eigenvalue weighted by atomic mass is 10.1. The second kappa shape index (κ2) is 4.65. The molecule has 0 bridgehead atoms. The SMILES string of the molecule is Nc1ccc2c(c1)CCN2C(=O)Nc1ccccc1. The van der Waals surface area contributed by atoms with Crippen molar-refractivity contribution in [3.8, 4) is 0 Å². The number of urea groups is 1. The third-order valence-corrected chi connectivity index (χ3v) is 3.27. The lowest BCUT2D eigenvalue weighted by molar-refractivity contribution is 0.257. The topological polar surface area (TPSA) is 58.4 Å². The first kappa shape index (κ1) is 11.6. The first-order valence-corrected chi connectivity index (χ1v) is 6.26. The molecule has 0 spiro atoms. The number of hydrogen-bond donors (Lipinski definition) is 2. The van der Waals surface area contributed by atoms with Gasteiger partial charge >= 0.3 is 6.03 Å². The molecule has 4 nitrogen and oxygen atoms in total. The van der Waals surface area contributed by atoms with Gasteiger partial charge in [0.05, 0.1) is 0 Å². The third kappa shape index (κ3) is 2.25. The summed E-state index contributed by atoms with van der Waals surface area (Å²) < 4.78 is 0. The van der Waals surface area contributed by atoms with E-state index in [0.29, 0.717) is 6.54 Å². The van der Waals surface area contributed by atoms with Gasteiger partial charge in [-0.2, -0.15) is 0 Å². The Balaban J connectivity index is 1.80. The van der Waals surface area contributed by atoms with Gasteiger partial charge in [-0.25, -0.2) is 4.79 Å². The summed E-state index contributed by atoms with van der Waals surface area (Å²) in [5.74, 6) is 0. The minimum atomic E-state index is -0.102. The van der Waals surface area contributed by atoms with Crippen molar-refractivity contribution in [1.82, 2.24) is 0 Å². The summed E-state index contributed by atoms with van der Waals surface area (Å²) in [5, 5.41) is 2.90. The summed E-state index contributed by atoms with van der Waals surface area (Å²) in [4.78, 5) is 14.0. The van der Waals surface area contributed by atoms with Gasteiger partial charge < -0.3 is 11.1 Å². The van der Waals surface area contributed by atoms with Crippen LogP contribution in [0.4, 0.5) is 21.9 Å². The van der Waals surface area contributed by atoms with Crippen molar-refractivity contribution in [2.75, 3.05) is 22.5 Å². The molecule has 0 aliphatic carbocycles. The van der Waals surface area contributed by atoms with Crippen LogP contribution in [0.25, 0.3) is 0 Å². The molecule has 0 aromatic heterocycles. The Kier molecular flexibility index (Phi) is 2.83. The smallest absolute Gasteiger partial charge is 0.326 e. The molecular formula is C15H15N3O. The highest BCUT2D eigenvalue weighted by molar-refractivity contribution is 6.03. The molecular weight excluding hydrogens is 238 g/mol. The maximum absolute atomic E-state index is 12.2. The maximum atomic E-state index is 12.2. The van der Waals surface area contributed by atoms with Crippen LogP contribution in [0.15, 0.2) is 48.5 Å². The molecule has 0 atom stereocenters. The molecule has 2 aromatic carbocycles. The fraction of sp³-hybridized carbons (Fsp3) is 0.133. The van der Waals surface area contributed by atoms with E-state index in [9.17, 15) is 4.79 Å². The van der Waals surface area contributed by atoms with E-state index in [-0.39, 0.29) is 6.03 Å². The molecule has 1 aliphatic heterocycles. The maximum Gasteiger partial charge on any atom is 0.326 e. The number of fused-ring (bicyclic) bond motifs is 1. The van der Waals surface area contributed by atoms with E-state index in [1.165, 1.54) is 0 Å². The van der Waals surface area contributed by atoms with Gasteiger partial charge in [0.15, 0.2) is 0 Å². The van der Waals surface area contributed by atoms with E-state index in [0.717, 1.165) is 29.0 Å². The number of rotatable bonds is 1. The summed E-state index contributed by atoms with van der Waals surface area (Å²) in [7, 11) is 0. The van der Waals surface area contributed by atoms with Crippen LogP contribution in [-0.2, 0) is 6.42 Å². The zero-order valence-electron chi connectivity index (χ0n) is 10.5. The highest BCUT2D eigenvalue weighted by atomic mass is 16.2. The molecule has 3 rings (SSSR count). The Labute approximate surface area is 111 Å². The molecule has 19 heavy (non-hydrogen) atoms. The van der Waals surface area contributed by atoms with Crippen LogP contribution in [0.1, 0.15) is 5.56 Å². The van der Waals surface area contributed by atoms with Crippen LogP contribution in [0.5, 0.6) is 0 Å². The normalized spacial score (nSPS) is 13.2. The Bertz CT molecular complexity index is 610. The number of benzene rings is 2. The predicted molar refractivity (Wildman–Crippen MR) is 77.4 cm³/mol. The van der Waals surface area contributed by atoms with Gasteiger partial charge in [0.25, 0.3) is 0 Å². The number of nitrogen functional groups attached to an aromatic ring is 1. The minimum Gasteiger partial charge on any atom is -0.399 e. The number of hydrogen-bond acceptors (Lipinski definition) is 2. The monoisotopic (exact) mass is 253 g/mol. The van der Waals surface area contributed by atoms with Gasteiger partial charge in [0, 0.05) is 23.6 Å². The number of para-hydroxylation sites is 1. The van der Waals surface area contributed by atoms with Crippen molar-refractivity contribution in [2.24, 2.45) is 0 Å². The van der Waals surface area contributed by atoms with Gasteiger partial charge in [0.2, 0.25) is 0 Å². The number of carbonyl (C=O) groups is 1. The van der Waals surface area contributed by atoms with Gasteiger partial charge in [-0.3, -0.25) is 4.90 Å². The molecule has 0 radical (unpaired) electrons. The molecule has 3 N–H and O–H groups in total. The van der Waals surface area contributed by atoms with Crippen LogP contribution in [-0.4, -0.2) is 12.6 Å². The summed E-state index contributed by atoms with van der Waals surface area (Å²) in [5.41, 5.74) is 9.37. The Morgan fingerprint density at radius 1 is 1.16 bits per heavy atom. The van der Waals surface area contributed by atoms with Crippen molar-refractivity contribution in [3.05, 3.63) is 54.1 Å². The number of carbonyl (C=O) groups excluding carboxylic acids is 1. The number of nitrogens with zero attached hydrogens (tertiary/aromatic N) is 1. The van der Waals surface area contributed by atoms with E-state index < -0.39 is 0 Å². The Hall–Kier alpha value is -2.49. The van der Waals surface area contributed by atoms with Crippen molar-refractivity contribution < 1.29 is 4.79 Å². The lowest BCUT2D eigenvalue weighted by Crippen LogP contribution is -2.33. The Morgan fingerprint density at radius 3 is 2.74 bits per heavy atom. The summed E-state index contributed by atoms with van der Waals surface area (Å²) in [6.45, 7) is 0.692. The molecule has 2 amide bonds. The summed E-state index contributed by atoms with van der Waals surface area (Å²) >= 11 is 0. The van der Waals surface area contributed by atoms with E-state index in [1.807, 2.05) is 48.5 Å². The molecule has 1 heterocycles. The summed E-state index contributed by atoms with van der Waals surface area (Å²) in [6, 6.07) is 15.0. The van der Waals surface area contributed by atoms with Crippen molar-refractivity contribution >= 4 is 23.1 Å². The van der Waals surface area contributed by atoms with Crippen LogP contribution < -0.4 is 16.0 Å². The molecule has 1 aliphatic rings. The molecule has 0 saturated heterocycles. The summed E-state index contributed by atoms with van der Waals surface area (Å²) in [6.07, 6.45) is 0.850. The van der Waals surface area contributed by atoms with Crippen LogP contribution in [0, 0.1) is 0 Å². The van der Waals surface area contributed by atoms with E-state index in [4.69, 9.17) is 5.73 Å². The van der Waals surface area contributed by atoms with Crippen molar-refractivity contribution in [1.29, 1.82) is 0 Å². The molecule has 2 aromatic rings. The largest absolute Gasteiger partial charge is 0.399 e. The first-order chi connectivity index (χ1) is 9.24. The number of nitrogens with two attached hydrogens (primary N) is 1. The van der Waals surface area contributed by atoms with Crippen LogP contribution in [0.2, 0.25) is 0 Å². The quantitative estimate of drug-likeness (QED) is 0.768. The van der Waals surface area contributed by atoms with Gasteiger partial charge in [-0.15, -0.1) is 0 Å². The predicted octanol–water partition coefficient (Wildman–Crippen LogP) is 2.86. The average Bonchev–Trinajstić information content (AvgIpc) is 2.82. The lowest BCUT2D eigenvalue weighted by Gasteiger charge is -2.18. The molecule has 4 heteroatoms. The van der Waals surface area contributed by atoms with E-state index >= 15 is 0 Å². The fourth-order valence-electron chi connectivity index (χ4n) is 2.35. The minimum absolute atomic E-state index is 0.102. The van der Waals surface area contributed by atoms with Crippen LogP contribution in [0.3, 0.4) is 0 Å². The van der Waals surface area contributed by atoms with Gasteiger partial charge in [0.1, 0.15) is 0 Å². The number of amides is 2. The molecule has 0 fully saturated rings. The van der Waals surface area contributed by atoms with Crippen molar-refractivity contribution in [3.63, 3.8) is 0 Å². The van der Waals surface area contributed by atoms with Gasteiger partial charge in [-0.1, -0.05) is 18.2 Å². The molecule has 0 unspecified atom stereocenters. The average molecular weight is 253 g/mol. The number of anilines is 3.